The molecule has 4 heteroatoms. The summed E-state index contributed by atoms with van der Waals surface area (Å²) < 4.78 is 13.9. The molecule has 1 aromatic carbocycles. The quantitative estimate of drug-likeness (QED) is 0.688. The third-order valence-electron chi connectivity index (χ3n) is 1.45. The SMILES string of the molecule is FCSc1nc2ccccc2s1. The van der Waals surface area contributed by atoms with Crippen molar-refractivity contribution < 1.29 is 4.39 Å². The highest BCUT2D eigenvalue weighted by Crippen LogP contribution is 2.28. The van der Waals surface area contributed by atoms with Crippen molar-refractivity contribution >= 4 is 33.3 Å². The minimum Gasteiger partial charge on any atom is -0.239 e. The number of thioether (sulfide) groups is 1. The highest BCUT2D eigenvalue weighted by molar-refractivity contribution is 8.00. The highest BCUT2D eigenvalue weighted by Gasteiger charge is 2.01. The number of alkyl halides is 1. The van der Waals surface area contributed by atoms with Gasteiger partial charge in [-0.3, -0.25) is 0 Å². The van der Waals surface area contributed by atoms with Crippen molar-refractivity contribution in [2.75, 3.05) is 6.01 Å². The average Bonchev–Trinajstić information content (AvgIpc) is 2.47. The third kappa shape index (κ3) is 1.44. The topological polar surface area (TPSA) is 12.9 Å². The fraction of sp³-hybridized carbons (Fsp3) is 0.125. The highest BCUT2D eigenvalue weighted by atomic mass is 32.2. The van der Waals surface area contributed by atoms with E-state index in [1.54, 1.807) is 0 Å². The van der Waals surface area contributed by atoms with Crippen molar-refractivity contribution in [3.8, 4) is 0 Å². The maximum absolute atomic E-state index is 11.9. The number of halogens is 1. The van der Waals surface area contributed by atoms with Crippen LogP contribution in [0.2, 0.25) is 0 Å². The molecule has 1 heterocycles. The van der Waals surface area contributed by atoms with E-state index < -0.39 is 6.01 Å². The molecule has 1 nitrogen and oxygen atoms in total. The Hall–Kier alpha value is -0.610. The first-order valence-corrected chi connectivity index (χ1v) is 5.24. The Morgan fingerprint density at radius 2 is 2.25 bits per heavy atom. The minimum absolute atomic E-state index is 0.403. The molecule has 0 aliphatic carbocycles. The molecule has 0 amide bonds. The van der Waals surface area contributed by atoms with E-state index in [9.17, 15) is 4.39 Å². The van der Waals surface area contributed by atoms with Crippen LogP contribution >= 0.6 is 23.1 Å². The zero-order valence-electron chi connectivity index (χ0n) is 6.16. The van der Waals surface area contributed by atoms with Crippen molar-refractivity contribution in [1.82, 2.24) is 4.98 Å². The summed E-state index contributed by atoms with van der Waals surface area (Å²) in [5.41, 5.74) is 0.957. The molecule has 1 aromatic heterocycles. The molecular weight excluding hydrogens is 193 g/mol. The Morgan fingerprint density at radius 3 is 3.00 bits per heavy atom. The number of thiazole rings is 1. The maximum Gasteiger partial charge on any atom is 0.153 e. The van der Waals surface area contributed by atoms with Gasteiger partial charge in [0, 0.05) is 0 Å². The van der Waals surface area contributed by atoms with Crippen molar-refractivity contribution in [3.05, 3.63) is 24.3 Å². The molecule has 0 spiro atoms. The molecule has 0 saturated heterocycles. The standard InChI is InChI=1S/C8H6FNS2/c9-5-11-8-10-6-3-1-2-4-7(6)12-8/h1-4H,5H2. The molecule has 0 atom stereocenters. The largest absolute Gasteiger partial charge is 0.239 e. The van der Waals surface area contributed by atoms with Crippen LogP contribution in [0.1, 0.15) is 0 Å². The number of rotatable bonds is 2. The Morgan fingerprint density at radius 1 is 1.42 bits per heavy atom. The normalized spacial score (nSPS) is 10.8. The van der Waals surface area contributed by atoms with E-state index in [-0.39, 0.29) is 0 Å². The lowest BCUT2D eigenvalue weighted by Gasteiger charge is -1.82. The number of fused-ring (bicyclic) bond motifs is 1. The summed E-state index contributed by atoms with van der Waals surface area (Å²) in [6.45, 7) is 0. The van der Waals surface area contributed by atoms with Gasteiger partial charge in [0.15, 0.2) is 4.34 Å². The Labute approximate surface area is 77.6 Å². The van der Waals surface area contributed by atoms with Gasteiger partial charge in [-0.05, 0) is 12.1 Å². The number of para-hydroxylation sites is 1. The Balaban J connectivity index is 2.47. The van der Waals surface area contributed by atoms with Crippen molar-refractivity contribution in [3.63, 3.8) is 0 Å². The second-order valence-corrected chi connectivity index (χ2v) is 4.38. The summed E-state index contributed by atoms with van der Waals surface area (Å²) in [4.78, 5) is 4.24. The van der Waals surface area contributed by atoms with Gasteiger partial charge in [0.05, 0.1) is 10.2 Å². The predicted octanol–water partition coefficient (Wildman–Crippen LogP) is 3.32. The molecule has 0 unspecified atom stereocenters. The van der Waals surface area contributed by atoms with Crippen LogP contribution in [0, 0.1) is 0 Å². The summed E-state index contributed by atoms with van der Waals surface area (Å²) in [5, 5.41) is 0. The molecule has 0 saturated carbocycles. The number of benzene rings is 1. The van der Waals surface area contributed by atoms with Crippen LogP contribution in [0.3, 0.4) is 0 Å². The van der Waals surface area contributed by atoms with Crippen LogP contribution in [0.15, 0.2) is 28.6 Å². The van der Waals surface area contributed by atoms with Crippen molar-refractivity contribution in [2.45, 2.75) is 4.34 Å². The summed E-state index contributed by atoms with van der Waals surface area (Å²) >= 11 is 2.68. The van der Waals surface area contributed by atoms with Crippen LogP contribution in [0.5, 0.6) is 0 Å². The first-order chi connectivity index (χ1) is 5.90. The fourth-order valence-electron chi connectivity index (χ4n) is 0.959. The number of hydrogen-bond acceptors (Lipinski definition) is 3. The lowest BCUT2D eigenvalue weighted by atomic mass is 10.3. The van der Waals surface area contributed by atoms with E-state index in [1.165, 1.54) is 11.3 Å². The molecule has 0 aliphatic heterocycles. The van der Waals surface area contributed by atoms with Crippen LogP contribution < -0.4 is 0 Å². The van der Waals surface area contributed by atoms with Gasteiger partial charge in [0.25, 0.3) is 0 Å². The minimum atomic E-state index is -0.403. The van der Waals surface area contributed by atoms with E-state index in [0.29, 0.717) is 0 Å². The number of aromatic nitrogens is 1. The van der Waals surface area contributed by atoms with E-state index >= 15 is 0 Å². The first kappa shape index (κ1) is 8.01. The Kier molecular flexibility index (Phi) is 2.28. The Bertz CT molecular complexity index is 352. The summed E-state index contributed by atoms with van der Waals surface area (Å²) in [6, 6.07) is 7.43. The van der Waals surface area contributed by atoms with Crippen molar-refractivity contribution in [1.29, 1.82) is 0 Å². The number of nitrogens with zero attached hydrogens (tertiary/aromatic N) is 1. The molecule has 0 N–H and O–H groups in total. The van der Waals surface area contributed by atoms with Crippen LogP contribution in [0.4, 0.5) is 4.39 Å². The average molecular weight is 199 g/mol. The van der Waals surface area contributed by atoms with Gasteiger partial charge in [0.1, 0.15) is 6.01 Å². The summed E-state index contributed by atoms with van der Waals surface area (Å²) in [7, 11) is 0. The maximum atomic E-state index is 11.9. The molecule has 0 fully saturated rings. The van der Waals surface area contributed by atoms with Crippen LogP contribution in [-0.4, -0.2) is 11.0 Å². The molecular formula is C8H6FNS2. The molecule has 0 bridgehead atoms. The molecule has 2 rings (SSSR count). The van der Waals surface area contributed by atoms with E-state index in [1.807, 2.05) is 24.3 Å². The molecule has 0 radical (unpaired) electrons. The zero-order chi connectivity index (χ0) is 8.39. The van der Waals surface area contributed by atoms with E-state index in [4.69, 9.17) is 0 Å². The number of hydrogen-bond donors (Lipinski definition) is 0. The molecule has 62 valence electrons. The van der Waals surface area contributed by atoms with Gasteiger partial charge in [0.2, 0.25) is 0 Å². The second-order valence-electron chi connectivity index (χ2n) is 2.20. The summed E-state index contributed by atoms with van der Waals surface area (Å²) in [5.74, 6) is 0. The van der Waals surface area contributed by atoms with Gasteiger partial charge >= 0.3 is 0 Å². The van der Waals surface area contributed by atoms with E-state index in [2.05, 4.69) is 4.98 Å². The monoisotopic (exact) mass is 199 g/mol. The van der Waals surface area contributed by atoms with E-state index in [0.717, 1.165) is 26.3 Å². The molecule has 0 aliphatic rings. The second kappa shape index (κ2) is 3.41. The lowest BCUT2D eigenvalue weighted by Crippen LogP contribution is -1.67. The zero-order valence-corrected chi connectivity index (χ0v) is 7.79. The lowest BCUT2D eigenvalue weighted by molar-refractivity contribution is 0.605. The smallest absolute Gasteiger partial charge is 0.153 e. The molecule has 2 aromatic rings. The van der Waals surface area contributed by atoms with Gasteiger partial charge in [-0.15, -0.1) is 11.3 Å². The fourth-order valence-corrected chi connectivity index (χ4v) is 2.55. The third-order valence-corrected chi connectivity index (χ3v) is 3.33. The summed E-state index contributed by atoms with van der Waals surface area (Å²) in [6.07, 6.45) is 0. The van der Waals surface area contributed by atoms with Gasteiger partial charge < -0.3 is 0 Å². The van der Waals surface area contributed by atoms with Gasteiger partial charge in [-0.1, -0.05) is 23.9 Å². The van der Waals surface area contributed by atoms with Gasteiger partial charge in [-0.2, -0.15) is 0 Å². The van der Waals surface area contributed by atoms with Gasteiger partial charge in [-0.25, -0.2) is 9.37 Å². The van der Waals surface area contributed by atoms with Crippen LogP contribution in [0.25, 0.3) is 10.2 Å². The first-order valence-electron chi connectivity index (χ1n) is 3.44. The predicted molar refractivity (Wildman–Crippen MR) is 51.5 cm³/mol. The van der Waals surface area contributed by atoms with Crippen LogP contribution in [-0.2, 0) is 0 Å². The molecule has 12 heavy (non-hydrogen) atoms. The van der Waals surface area contributed by atoms with Crippen molar-refractivity contribution in [2.24, 2.45) is 0 Å².